The van der Waals surface area contributed by atoms with Crippen LogP contribution in [0.4, 0.5) is 0 Å². The molecule has 1 aliphatic heterocycles. The number of methoxy groups -OCH3 is 1. The van der Waals surface area contributed by atoms with E-state index in [1.165, 1.54) is 16.0 Å². The van der Waals surface area contributed by atoms with Gasteiger partial charge in [-0.15, -0.1) is 17.9 Å². The van der Waals surface area contributed by atoms with Crippen molar-refractivity contribution in [1.29, 1.82) is 0 Å². The van der Waals surface area contributed by atoms with Gasteiger partial charge in [0.2, 0.25) is 5.91 Å². The summed E-state index contributed by atoms with van der Waals surface area (Å²) in [5.74, 6) is 0.406. The van der Waals surface area contributed by atoms with Crippen LogP contribution in [0.3, 0.4) is 0 Å². The van der Waals surface area contributed by atoms with Gasteiger partial charge in [0.05, 0.1) is 13.2 Å². The largest absolute Gasteiger partial charge is 0.497 e. The highest BCUT2D eigenvalue weighted by Gasteiger charge is 2.34. The van der Waals surface area contributed by atoms with E-state index >= 15 is 0 Å². The monoisotopic (exact) mass is 502 g/mol. The number of hydrogen-bond donors (Lipinski definition) is 0. The summed E-state index contributed by atoms with van der Waals surface area (Å²) in [5, 5.41) is 2.10. The number of amides is 2. The second-order valence-corrected chi connectivity index (χ2v) is 11.1. The second kappa shape index (κ2) is 10.7. The molecule has 0 spiro atoms. The van der Waals surface area contributed by atoms with Gasteiger partial charge in [0.1, 0.15) is 12.3 Å². The predicted molar refractivity (Wildman–Crippen MR) is 146 cm³/mol. The molecule has 3 aromatic rings. The molecule has 1 atom stereocenters. The number of carbonyl (C=O) groups is 2. The number of fused-ring (bicyclic) bond motifs is 1. The SMILES string of the molecule is C=CCN(CC(=O)N1CCc2sccc2C1c1ccc(C(C)(C)C)cc1)C(=O)c1ccc(OC)cc1. The molecule has 5 nitrogen and oxygen atoms in total. The minimum absolute atomic E-state index is 0.00702. The molecular weight excluding hydrogens is 468 g/mol. The van der Waals surface area contributed by atoms with E-state index in [9.17, 15) is 9.59 Å². The van der Waals surface area contributed by atoms with Crippen molar-refractivity contribution in [3.63, 3.8) is 0 Å². The number of carbonyl (C=O) groups excluding carboxylic acids is 2. The molecule has 4 rings (SSSR count). The van der Waals surface area contributed by atoms with Crippen LogP contribution in [0.25, 0.3) is 0 Å². The number of nitrogens with zero attached hydrogens (tertiary/aromatic N) is 2. The Balaban J connectivity index is 1.60. The molecule has 1 unspecified atom stereocenters. The van der Waals surface area contributed by atoms with Gasteiger partial charge in [-0.1, -0.05) is 51.1 Å². The first kappa shape index (κ1) is 25.7. The first-order chi connectivity index (χ1) is 17.2. The fraction of sp³-hybridized carbons (Fsp3) is 0.333. The van der Waals surface area contributed by atoms with Crippen LogP contribution in [0.5, 0.6) is 5.75 Å². The molecular formula is C30H34N2O3S. The zero-order valence-electron chi connectivity index (χ0n) is 21.5. The maximum atomic E-state index is 13.7. The molecule has 36 heavy (non-hydrogen) atoms. The van der Waals surface area contributed by atoms with Crippen molar-refractivity contribution in [1.82, 2.24) is 9.80 Å². The Hall–Kier alpha value is -3.38. The summed E-state index contributed by atoms with van der Waals surface area (Å²) in [6.45, 7) is 11.3. The van der Waals surface area contributed by atoms with Crippen LogP contribution in [0.15, 0.2) is 72.6 Å². The Morgan fingerprint density at radius 2 is 1.81 bits per heavy atom. The maximum Gasteiger partial charge on any atom is 0.254 e. The average molecular weight is 503 g/mol. The fourth-order valence-electron chi connectivity index (χ4n) is 4.66. The number of benzene rings is 2. The first-order valence-electron chi connectivity index (χ1n) is 12.2. The van der Waals surface area contributed by atoms with Crippen molar-refractivity contribution in [2.45, 2.75) is 38.6 Å². The van der Waals surface area contributed by atoms with E-state index in [1.807, 2.05) is 4.90 Å². The van der Waals surface area contributed by atoms with Gasteiger partial charge in [0.15, 0.2) is 0 Å². The quantitative estimate of drug-likeness (QED) is 0.381. The molecule has 0 saturated carbocycles. The molecule has 2 amide bonds. The Morgan fingerprint density at radius 3 is 2.42 bits per heavy atom. The van der Waals surface area contributed by atoms with Gasteiger partial charge in [-0.2, -0.15) is 0 Å². The van der Waals surface area contributed by atoms with Crippen LogP contribution >= 0.6 is 11.3 Å². The van der Waals surface area contributed by atoms with E-state index in [0.29, 0.717) is 24.4 Å². The summed E-state index contributed by atoms with van der Waals surface area (Å²) < 4.78 is 5.20. The molecule has 0 fully saturated rings. The van der Waals surface area contributed by atoms with Crippen LogP contribution in [-0.4, -0.2) is 48.4 Å². The molecule has 2 heterocycles. The van der Waals surface area contributed by atoms with Crippen LogP contribution < -0.4 is 4.74 Å². The molecule has 2 aromatic carbocycles. The summed E-state index contributed by atoms with van der Waals surface area (Å²) in [7, 11) is 1.59. The smallest absolute Gasteiger partial charge is 0.254 e. The molecule has 1 aromatic heterocycles. The number of rotatable bonds is 7. The van der Waals surface area contributed by atoms with E-state index in [0.717, 1.165) is 12.0 Å². The Kier molecular flexibility index (Phi) is 7.65. The second-order valence-electron chi connectivity index (χ2n) is 10.1. The molecule has 0 N–H and O–H groups in total. The normalized spacial score (nSPS) is 15.2. The van der Waals surface area contributed by atoms with E-state index in [4.69, 9.17) is 4.74 Å². The van der Waals surface area contributed by atoms with Gasteiger partial charge in [-0.05, 0) is 64.2 Å². The van der Waals surface area contributed by atoms with E-state index in [2.05, 4.69) is 63.1 Å². The average Bonchev–Trinajstić information content (AvgIpc) is 3.36. The summed E-state index contributed by atoms with van der Waals surface area (Å²) in [4.78, 5) is 31.8. The summed E-state index contributed by atoms with van der Waals surface area (Å²) >= 11 is 1.75. The lowest BCUT2D eigenvalue weighted by atomic mass is 9.85. The zero-order chi connectivity index (χ0) is 25.9. The fourth-order valence-corrected chi connectivity index (χ4v) is 5.56. The Bertz CT molecular complexity index is 1220. The van der Waals surface area contributed by atoms with Gasteiger partial charge < -0.3 is 14.5 Å². The molecule has 1 aliphatic rings. The van der Waals surface area contributed by atoms with Gasteiger partial charge in [-0.3, -0.25) is 9.59 Å². The predicted octanol–water partition coefficient (Wildman–Crippen LogP) is 5.86. The maximum absolute atomic E-state index is 13.7. The minimum Gasteiger partial charge on any atom is -0.497 e. The standard InChI is InChI=1S/C30H34N2O3S/c1-6-17-31(29(34)22-9-13-24(35-5)14-10-22)20-27(33)32-18-15-26-25(16-19-36-26)28(32)21-7-11-23(12-8-21)30(2,3)4/h6-14,16,19,28H,1,15,17-18,20H2,2-5H3. The van der Waals surface area contributed by atoms with E-state index in [1.54, 1.807) is 53.7 Å². The van der Waals surface area contributed by atoms with Gasteiger partial charge >= 0.3 is 0 Å². The van der Waals surface area contributed by atoms with Crippen molar-refractivity contribution < 1.29 is 14.3 Å². The lowest BCUT2D eigenvalue weighted by molar-refractivity contribution is -0.133. The molecule has 0 aliphatic carbocycles. The van der Waals surface area contributed by atoms with Crippen molar-refractivity contribution >= 4 is 23.2 Å². The van der Waals surface area contributed by atoms with E-state index in [-0.39, 0.29) is 29.8 Å². The number of thiophene rings is 1. The molecule has 0 bridgehead atoms. The summed E-state index contributed by atoms with van der Waals surface area (Å²) in [6, 6.07) is 17.5. The molecule has 6 heteroatoms. The Morgan fingerprint density at radius 1 is 1.11 bits per heavy atom. The van der Waals surface area contributed by atoms with Gasteiger partial charge in [-0.25, -0.2) is 0 Å². The van der Waals surface area contributed by atoms with Crippen molar-refractivity contribution in [2.75, 3.05) is 26.7 Å². The van der Waals surface area contributed by atoms with Gasteiger partial charge in [0, 0.05) is 23.5 Å². The number of hydrogen-bond acceptors (Lipinski definition) is 4. The lowest BCUT2D eigenvalue weighted by Crippen LogP contribution is -2.46. The van der Waals surface area contributed by atoms with Crippen molar-refractivity contribution in [3.05, 3.63) is 99.8 Å². The minimum atomic E-state index is -0.204. The third kappa shape index (κ3) is 5.39. The number of ether oxygens (including phenoxy) is 1. The zero-order valence-corrected chi connectivity index (χ0v) is 22.3. The molecule has 0 radical (unpaired) electrons. The highest BCUT2D eigenvalue weighted by atomic mass is 32.1. The van der Waals surface area contributed by atoms with E-state index < -0.39 is 0 Å². The first-order valence-corrected chi connectivity index (χ1v) is 13.1. The highest BCUT2D eigenvalue weighted by Crippen LogP contribution is 2.38. The molecule has 0 saturated heterocycles. The molecule has 188 valence electrons. The topological polar surface area (TPSA) is 49.9 Å². The van der Waals surface area contributed by atoms with Crippen LogP contribution in [0.1, 0.15) is 58.7 Å². The van der Waals surface area contributed by atoms with Crippen LogP contribution in [0.2, 0.25) is 0 Å². The van der Waals surface area contributed by atoms with Crippen LogP contribution in [-0.2, 0) is 16.6 Å². The lowest BCUT2D eigenvalue weighted by Gasteiger charge is -2.37. The Labute approximate surface area is 218 Å². The van der Waals surface area contributed by atoms with Crippen molar-refractivity contribution in [2.24, 2.45) is 0 Å². The third-order valence-corrected chi connectivity index (χ3v) is 7.67. The summed E-state index contributed by atoms with van der Waals surface area (Å²) in [6.07, 6.45) is 2.48. The van der Waals surface area contributed by atoms with Crippen LogP contribution in [0, 0.1) is 0 Å². The van der Waals surface area contributed by atoms with Gasteiger partial charge in [0.25, 0.3) is 5.91 Å². The van der Waals surface area contributed by atoms with Crippen molar-refractivity contribution in [3.8, 4) is 5.75 Å². The third-order valence-electron chi connectivity index (χ3n) is 6.68. The summed E-state index contributed by atoms with van der Waals surface area (Å²) in [5.41, 5.74) is 4.10. The highest BCUT2D eigenvalue weighted by molar-refractivity contribution is 7.10.